The molecule has 0 spiro atoms. The first-order chi connectivity index (χ1) is 8.53. The van der Waals surface area contributed by atoms with E-state index in [2.05, 4.69) is 0 Å². The van der Waals surface area contributed by atoms with E-state index < -0.39 is 13.3 Å². The Labute approximate surface area is 152 Å². The van der Waals surface area contributed by atoms with Crippen LogP contribution in [-0.4, -0.2) is 6.98 Å². The third kappa shape index (κ3) is 6.14. The first-order valence-electron chi connectivity index (χ1n) is 5.56. The van der Waals surface area contributed by atoms with Crippen LogP contribution in [0.1, 0.15) is 5.56 Å². The van der Waals surface area contributed by atoms with Crippen LogP contribution in [-0.2, 0) is 6.32 Å². The zero-order valence-electron chi connectivity index (χ0n) is 10.5. The van der Waals surface area contributed by atoms with Gasteiger partial charge in [-0.25, -0.2) is 0 Å². The van der Waals surface area contributed by atoms with E-state index in [0.29, 0.717) is 11.5 Å². The van der Waals surface area contributed by atoms with Crippen LogP contribution in [0, 0.1) is 0 Å². The van der Waals surface area contributed by atoms with E-state index >= 15 is 0 Å². The van der Waals surface area contributed by atoms with Gasteiger partial charge in [-0.15, -0.1) is 0 Å². The van der Waals surface area contributed by atoms with E-state index in [1.54, 1.807) is 36.4 Å². The first-order valence-corrected chi connectivity index (χ1v) is 5.56. The van der Waals surface area contributed by atoms with Gasteiger partial charge in [0.25, 0.3) is 0 Å². The molecule has 0 atom stereocenters. The molecular formula is C13H11BF3KO. The summed E-state index contributed by atoms with van der Waals surface area (Å²) in [4.78, 5) is 0. The van der Waals surface area contributed by atoms with E-state index in [-0.39, 0.29) is 56.9 Å². The van der Waals surface area contributed by atoms with Crippen molar-refractivity contribution in [2.45, 2.75) is 6.32 Å². The van der Waals surface area contributed by atoms with Gasteiger partial charge >= 0.3 is 58.4 Å². The molecule has 0 bridgehead atoms. The molecule has 0 aromatic heterocycles. The summed E-state index contributed by atoms with van der Waals surface area (Å²) in [7, 11) is 0. The van der Waals surface area contributed by atoms with Gasteiger partial charge in [0.2, 0.25) is 0 Å². The SMILES string of the molecule is F[B-](F)(F)Cc1cccc(Oc2ccccc2)c1.[K+]. The molecular weight excluding hydrogens is 279 g/mol. The fourth-order valence-corrected chi connectivity index (χ4v) is 1.63. The zero-order valence-corrected chi connectivity index (χ0v) is 13.6. The van der Waals surface area contributed by atoms with E-state index in [0.717, 1.165) is 0 Å². The largest absolute Gasteiger partial charge is 1.00 e. The number of halogens is 3. The number of benzene rings is 2. The van der Waals surface area contributed by atoms with Crippen molar-refractivity contribution in [3.8, 4) is 11.5 Å². The Kier molecular flexibility index (Phi) is 6.62. The van der Waals surface area contributed by atoms with Gasteiger partial charge in [-0.2, -0.15) is 0 Å². The van der Waals surface area contributed by atoms with E-state index in [1.165, 1.54) is 12.1 Å². The second-order valence-electron chi connectivity index (χ2n) is 3.98. The monoisotopic (exact) mass is 290 g/mol. The number of hydrogen-bond acceptors (Lipinski definition) is 1. The van der Waals surface area contributed by atoms with Crippen LogP contribution in [0.2, 0.25) is 0 Å². The Morgan fingerprint density at radius 2 is 1.47 bits per heavy atom. The Morgan fingerprint density at radius 3 is 2.11 bits per heavy atom. The van der Waals surface area contributed by atoms with Crippen LogP contribution in [0.3, 0.4) is 0 Å². The molecule has 0 radical (unpaired) electrons. The molecule has 0 aliphatic heterocycles. The second-order valence-corrected chi connectivity index (χ2v) is 3.98. The summed E-state index contributed by atoms with van der Waals surface area (Å²) in [5.41, 5.74) is 0.218. The molecule has 0 saturated carbocycles. The first kappa shape index (κ1) is 16.8. The third-order valence-corrected chi connectivity index (χ3v) is 2.34. The van der Waals surface area contributed by atoms with Crippen LogP contribution in [0.5, 0.6) is 11.5 Å². The molecule has 0 fully saturated rings. The van der Waals surface area contributed by atoms with Crippen molar-refractivity contribution >= 4 is 6.98 Å². The van der Waals surface area contributed by atoms with Crippen LogP contribution in [0.25, 0.3) is 0 Å². The molecule has 94 valence electrons. The maximum Gasteiger partial charge on any atom is 1.00 e. The van der Waals surface area contributed by atoms with Crippen molar-refractivity contribution < 1.29 is 69.1 Å². The Balaban J connectivity index is 0.00000180. The van der Waals surface area contributed by atoms with Gasteiger partial charge in [-0.3, -0.25) is 0 Å². The molecule has 0 aliphatic carbocycles. The van der Waals surface area contributed by atoms with Crippen molar-refractivity contribution in [1.29, 1.82) is 0 Å². The Bertz CT molecular complexity index is 517. The summed E-state index contributed by atoms with van der Waals surface area (Å²) >= 11 is 0. The minimum atomic E-state index is -4.82. The molecule has 2 rings (SSSR count). The summed E-state index contributed by atoms with van der Waals surface area (Å²) in [5.74, 6) is 1.02. The van der Waals surface area contributed by atoms with Crippen molar-refractivity contribution in [3.05, 3.63) is 60.2 Å². The van der Waals surface area contributed by atoms with Gasteiger partial charge in [-0.1, -0.05) is 42.2 Å². The topological polar surface area (TPSA) is 9.23 Å². The summed E-state index contributed by atoms with van der Waals surface area (Å²) in [5, 5.41) is 0. The van der Waals surface area contributed by atoms with Gasteiger partial charge in [0.15, 0.2) is 0 Å². The molecule has 0 heterocycles. The predicted octanol–water partition coefficient (Wildman–Crippen LogP) is 1.41. The summed E-state index contributed by atoms with van der Waals surface area (Å²) in [6.45, 7) is -4.82. The fraction of sp³-hybridized carbons (Fsp3) is 0.0769. The predicted molar refractivity (Wildman–Crippen MR) is 65.7 cm³/mol. The molecule has 2 aromatic carbocycles. The van der Waals surface area contributed by atoms with Gasteiger partial charge < -0.3 is 17.7 Å². The van der Waals surface area contributed by atoms with Gasteiger partial charge in [0.05, 0.1) is 0 Å². The average Bonchev–Trinajstić information content (AvgIpc) is 2.28. The molecule has 0 saturated heterocycles. The minimum Gasteiger partial charge on any atom is -0.457 e. The standard InChI is InChI=1S/C13H11BF3O.K/c15-14(16,17)10-11-5-4-8-13(9-11)18-12-6-2-1-3-7-12;/h1-9H,10H2;/q-1;+1. The molecule has 19 heavy (non-hydrogen) atoms. The Hall–Kier alpha value is -0.269. The Morgan fingerprint density at radius 1 is 0.842 bits per heavy atom. The fourth-order valence-electron chi connectivity index (χ4n) is 1.63. The molecule has 1 nitrogen and oxygen atoms in total. The van der Waals surface area contributed by atoms with E-state index in [4.69, 9.17) is 4.74 Å². The quantitative estimate of drug-likeness (QED) is 0.774. The summed E-state index contributed by atoms with van der Waals surface area (Å²) in [6.07, 6.45) is -0.883. The molecule has 0 amide bonds. The van der Waals surface area contributed by atoms with Crippen molar-refractivity contribution in [2.24, 2.45) is 0 Å². The maximum atomic E-state index is 12.3. The van der Waals surface area contributed by atoms with Crippen molar-refractivity contribution in [3.63, 3.8) is 0 Å². The van der Waals surface area contributed by atoms with Crippen LogP contribution < -0.4 is 56.1 Å². The minimum absolute atomic E-state index is 0. The molecule has 0 N–H and O–H groups in total. The molecule has 0 unspecified atom stereocenters. The third-order valence-electron chi connectivity index (χ3n) is 2.34. The molecule has 2 aromatic rings. The summed E-state index contributed by atoms with van der Waals surface area (Å²) in [6, 6.07) is 15.0. The van der Waals surface area contributed by atoms with Crippen molar-refractivity contribution in [1.82, 2.24) is 0 Å². The number of ether oxygens (including phenoxy) is 1. The normalized spacial score (nSPS) is 10.7. The zero-order chi connectivity index (χ0) is 13.0. The van der Waals surface area contributed by atoms with E-state index in [9.17, 15) is 12.9 Å². The van der Waals surface area contributed by atoms with Crippen molar-refractivity contribution in [2.75, 3.05) is 0 Å². The van der Waals surface area contributed by atoms with Gasteiger partial charge in [-0.05, 0) is 24.3 Å². The molecule has 6 heteroatoms. The van der Waals surface area contributed by atoms with Crippen LogP contribution >= 0.6 is 0 Å². The smallest absolute Gasteiger partial charge is 0.457 e. The average molecular weight is 290 g/mol. The number of rotatable bonds is 4. The van der Waals surface area contributed by atoms with Gasteiger partial charge in [0, 0.05) is 0 Å². The number of hydrogen-bond donors (Lipinski definition) is 0. The maximum absolute atomic E-state index is 12.3. The van der Waals surface area contributed by atoms with Crippen LogP contribution in [0.4, 0.5) is 12.9 Å². The molecule has 0 aliphatic rings. The second kappa shape index (κ2) is 7.50. The van der Waals surface area contributed by atoms with Crippen LogP contribution in [0.15, 0.2) is 54.6 Å². The summed E-state index contributed by atoms with van der Waals surface area (Å²) < 4.78 is 42.4. The van der Waals surface area contributed by atoms with Gasteiger partial charge in [0.1, 0.15) is 11.5 Å². The number of para-hydroxylation sites is 1. The van der Waals surface area contributed by atoms with E-state index in [1.807, 2.05) is 6.07 Å².